The van der Waals surface area contributed by atoms with Crippen LogP contribution in [0.1, 0.15) is 41.3 Å². The van der Waals surface area contributed by atoms with E-state index in [1.807, 2.05) is 68.4 Å². The number of hydrogen-bond donors (Lipinski definition) is 0. The molecule has 0 N–H and O–H groups in total. The molecule has 3 aromatic rings. The molecule has 1 amide bonds. The number of piperidine rings is 1. The van der Waals surface area contributed by atoms with Crippen molar-refractivity contribution in [1.82, 2.24) is 10.1 Å². The predicted octanol–water partition coefficient (Wildman–Crippen LogP) is 4.39. The predicted molar refractivity (Wildman–Crippen MR) is 117 cm³/mol. The van der Waals surface area contributed by atoms with Crippen LogP contribution in [0.5, 0.6) is 0 Å². The van der Waals surface area contributed by atoms with Gasteiger partial charge in [-0.2, -0.15) is 0 Å². The van der Waals surface area contributed by atoms with Crippen molar-refractivity contribution < 1.29 is 18.8 Å². The zero-order valence-corrected chi connectivity index (χ0v) is 17.8. The first kappa shape index (κ1) is 20.8. The Kier molecular flexibility index (Phi) is 5.89. The molecule has 0 aliphatic carbocycles. The van der Waals surface area contributed by atoms with Crippen molar-refractivity contribution in [1.29, 1.82) is 0 Å². The third-order valence-electron chi connectivity index (χ3n) is 6.01. The van der Waals surface area contributed by atoms with E-state index in [0.717, 1.165) is 16.7 Å². The van der Waals surface area contributed by atoms with Crippen LogP contribution in [-0.4, -0.2) is 41.6 Å². The van der Waals surface area contributed by atoms with Gasteiger partial charge in [-0.05, 0) is 32.3 Å². The van der Waals surface area contributed by atoms with Gasteiger partial charge >= 0.3 is 5.97 Å². The lowest BCUT2D eigenvalue weighted by molar-refractivity contribution is -0.152. The number of likely N-dealkylation sites (tertiary alicyclic amines) is 1. The van der Waals surface area contributed by atoms with Crippen LogP contribution in [-0.2, 0) is 14.9 Å². The lowest BCUT2D eigenvalue weighted by Gasteiger charge is -2.40. The molecule has 0 bridgehead atoms. The van der Waals surface area contributed by atoms with Gasteiger partial charge in [-0.25, -0.2) is 0 Å². The Morgan fingerprint density at radius 2 is 1.74 bits per heavy atom. The maximum absolute atomic E-state index is 13.3. The van der Waals surface area contributed by atoms with E-state index in [1.54, 1.807) is 4.90 Å². The summed E-state index contributed by atoms with van der Waals surface area (Å²) in [6, 6.07) is 17.5. The molecule has 31 heavy (non-hydrogen) atoms. The zero-order chi connectivity index (χ0) is 21.8. The number of esters is 1. The minimum Gasteiger partial charge on any atom is -0.465 e. The molecule has 6 nitrogen and oxygen atoms in total. The average molecular weight is 418 g/mol. The Balaban J connectivity index is 1.56. The van der Waals surface area contributed by atoms with Gasteiger partial charge in [-0.1, -0.05) is 65.3 Å². The fraction of sp³-hybridized carbons (Fsp3) is 0.320. The molecular formula is C25H26N2O4. The molecule has 0 atom stereocenters. The monoisotopic (exact) mass is 418 g/mol. The largest absolute Gasteiger partial charge is 0.465 e. The van der Waals surface area contributed by atoms with E-state index < -0.39 is 5.41 Å². The van der Waals surface area contributed by atoms with E-state index in [1.165, 1.54) is 6.20 Å². The molecule has 2 aromatic carbocycles. The number of rotatable bonds is 5. The standard InChI is InChI=1S/C25H26N2O4/c1-3-30-24(29)25(20-7-5-4-6-8-20)13-15-27(16-14-25)23(28)21-17-26-31-22(21)19-11-9-18(2)10-12-19/h4-12,17H,3,13-16H2,1-2H3. The average Bonchev–Trinajstić information content (AvgIpc) is 3.30. The summed E-state index contributed by atoms with van der Waals surface area (Å²) in [7, 11) is 0. The van der Waals surface area contributed by atoms with Crippen molar-refractivity contribution in [2.45, 2.75) is 32.1 Å². The van der Waals surface area contributed by atoms with Gasteiger partial charge < -0.3 is 14.2 Å². The lowest BCUT2D eigenvalue weighted by atomic mass is 9.72. The number of carbonyl (C=O) groups is 2. The van der Waals surface area contributed by atoms with Crippen LogP contribution in [0.2, 0.25) is 0 Å². The number of aromatic nitrogens is 1. The first-order valence-electron chi connectivity index (χ1n) is 10.6. The Hall–Kier alpha value is -3.41. The fourth-order valence-corrected chi connectivity index (χ4v) is 4.20. The highest BCUT2D eigenvalue weighted by molar-refractivity contribution is 5.99. The summed E-state index contributed by atoms with van der Waals surface area (Å²) >= 11 is 0. The van der Waals surface area contributed by atoms with Gasteiger partial charge in [0.25, 0.3) is 5.91 Å². The van der Waals surface area contributed by atoms with Crippen molar-refractivity contribution in [3.63, 3.8) is 0 Å². The molecule has 1 saturated heterocycles. The second-order valence-electron chi connectivity index (χ2n) is 7.90. The summed E-state index contributed by atoms with van der Waals surface area (Å²) in [5.74, 6) is 0.108. The summed E-state index contributed by atoms with van der Waals surface area (Å²) in [5, 5.41) is 3.87. The van der Waals surface area contributed by atoms with Crippen LogP contribution >= 0.6 is 0 Å². The Morgan fingerprint density at radius 3 is 2.39 bits per heavy atom. The Morgan fingerprint density at radius 1 is 1.06 bits per heavy atom. The molecule has 2 heterocycles. The highest BCUT2D eigenvalue weighted by Crippen LogP contribution is 2.38. The molecule has 6 heteroatoms. The minimum atomic E-state index is -0.734. The third kappa shape index (κ3) is 3.98. The molecule has 1 aliphatic rings. The van der Waals surface area contributed by atoms with Gasteiger partial charge in [-0.3, -0.25) is 9.59 Å². The Labute approximate surface area is 181 Å². The summed E-state index contributed by atoms with van der Waals surface area (Å²) in [5.41, 5.74) is 2.58. The summed E-state index contributed by atoms with van der Waals surface area (Å²) in [6.07, 6.45) is 2.49. The van der Waals surface area contributed by atoms with Crippen LogP contribution in [0, 0.1) is 6.92 Å². The fourth-order valence-electron chi connectivity index (χ4n) is 4.20. The summed E-state index contributed by atoms with van der Waals surface area (Å²) in [4.78, 5) is 28.0. The molecular weight excluding hydrogens is 392 g/mol. The topological polar surface area (TPSA) is 72.6 Å². The number of carbonyl (C=O) groups excluding carboxylic acids is 2. The van der Waals surface area contributed by atoms with E-state index in [4.69, 9.17) is 9.26 Å². The third-order valence-corrected chi connectivity index (χ3v) is 6.01. The summed E-state index contributed by atoms with van der Waals surface area (Å²) < 4.78 is 10.8. The molecule has 0 radical (unpaired) electrons. The van der Waals surface area contributed by atoms with Gasteiger partial charge in [0.15, 0.2) is 5.76 Å². The van der Waals surface area contributed by atoms with Crippen molar-refractivity contribution in [2.24, 2.45) is 0 Å². The Bertz CT molecular complexity index is 1050. The molecule has 0 saturated carbocycles. The number of ether oxygens (including phenoxy) is 1. The number of nitrogens with zero attached hydrogens (tertiary/aromatic N) is 2. The molecule has 1 aliphatic heterocycles. The number of amides is 1. The first-order valence-corrected chi connectivity index (χ1v) is 10.6. The number of hydrogen-bond acceptors (Lipinski definition) is 5. The van der Waals surface area contributed by atoms with Gasteiger partial charge in [0.05, 0.1) is 18.2 Å². The summed E-state index contributed by atoms with van der Waals surface area (Å²) in [6.45, 7) is 5.05. The molecule has 160 valence electrons. The molecule has 4 rings (SSSR count). The molecule has 1 aromatic heterocycles. The molecule has 0 unspecified atom stereocenters. The highest BCUT2D eigenvalue weighted by atomic mass is 16.5. The molecule has 1 fully saturated rings. The van der Waals surface area contributed by atoms with Crippen LogP contribution in [0.3, 0.4) is 0 Å². The molecule has 0 spiro atoms. The quantitative estimate of drug-likeness (QED) is 0.575. The van der Waals surface area contributed by atoms with Crippen LogP contribution in [0.25, 0.3) is 11.3 Å². The van der Waals surface area contributed by atoms with Crippen molar-refractivity contribution in [2.75, 3.05) is 19.7 Å². The van der Waals surface area contributed by atoms with E-state index >= 15 is 0 Å². The van der Waals surface area contributed by atoms with Crippen LogP contribution in [0.4, 0.5) is 0 Å². The van der Waals surface area contributed by atoms with E-state index in [-0.39, 0.29) is 11.9 Å². The second-order valence-corrected chi connectivity index (χ2v) is 7.90. The van der Waals surface area contributed by atoms with Gasteiger partial charge in [0, 0.05) is 18.7 Å². The van der Waals surface area contributed by atoms with Crippen molar-refractivity contribution in [3.05, 3.63) is 77.5 Å². The van der Waals surface area contributed by atoms with Gasteiger partial charge in [-0.15, -0.1) is 0 Å². The zero-order valence-electron chi connectivity index (χ0n) is 17.8. The number of benzene rings is 2. The first-order chi connectivity index (χ1) is 15.0. The number of aryl methyl sites for hydroxylation is 1. The maximum Gasteiger partial charge on any atom is 0.316 e. The van der Waals surface area contributed by atoms with E-state index in [9.17, 15) is 9.59 Å². The normalized spacial score (nSPS) is 15.5. The SMILES string of the molecule is CCOC(=O)C1(c2ccccc2)CCN(C(=O)c2cnoc2-c2ccc(C)cc2)CC1. The highest BCUT2D eigenvalue weighted by Gasteiger charge is 2.45. The minimum absolute atomic E-state index is 0.137. The van der Waals surface area contributed by atoms with Gasteiger partial charge in [0.2, 0.25) is 0 Å². The van der Waals surface area contributed by atoms with Crippen LogP contribution in [0.15, 0.2) is 65.3 Å². The smallest absolute Gasteiger partial charge is 0.316 e. The van der Waals surface area contributed by atoms with E-state index in [0.29, 0.717) is 43.9 Å². The van der Waals surface area contributed by atoms with Crippen LogP contribution < -0.4 is 0 Å². The van der Waals surface area contributed by atoms with Crippen molar-refractivity contribution in [3.8, 4) is 11.3 Å². The van der Waals surface area contributed by atoms with Crippen molar-refractivity contribution >= 4 is 11.9 Å². The van der Waals surface area contributed by atoms with Gasteiger partial charge in [0.1, 0.15) is 5.56 Å². The van der Waals surface area contributed by atoms with E-state index in [2.05, 4.69) is 5.16 Å². The second kappa shape index (κ2) is 8.76. The maximum atomic E-state index is 13.3. The lowest BCUT2D eigenvalue weighted by Crippen LogP contribution is -2.49.